The summed E-state index contributed by atoms with van der Waals surface area (Å²) in [6.45, 7) is 12.7. The van der Waals surface area contributed by atoms with Gasteiger partial charge in [-0.15, -0.1) is 0 Å². The van der Waals surface area contributed by atoms with Gasteiger partial charge in [-0.1, -0.05) is 36.2 Å². The molecule has 1 aromatic carbocycles. The van der Waals surface area contributed by atoms with E-state index in [9.17, 15) is 4.79 Å². The first-order valence-electron chi connectivity index (χ1n) is 10.8. The third-order valence-electron chi connectivity index (χ3n) is 6.29. The molecule has 1 aromatic rings. The highest BCUT2D eigenvalue weighted by Crippen LogP contribution is 2.37. The topological polar surface area (TPSA) is 49.6 Å². The first-order chi connectivity index (χ1) is 13.3. The van der Waals surface area contributed by atoms with Crippen molar-refractivity contribution in [2.45, 2.75) is 77.3 Å². The SMILES string of the molecule is CC(C)N(CC[C@](CCN1CCCCC1)(C(N)=O)c1ccccc1Cl)C(C)C. The molecule has 1 atom stereocenters. The Morgan fingerprint density at radius 2 is 1.71 bits per heavy atom. The number of carbonyl (C=O) groups excluding carboxylic acids is 1. The molecule has 2 N–H and O–H groups in total. The number of piperidine rings is 1. The molecule has 1 fully saturated rings. The summed E-state index contributed by atoms with van der Waals surface area (Å²) < 4.78 is 0. The second kappa shape index (κ2) is 10.6. The number of carbonyl (C=O) groups is 1. The molecular weight excluding hydrogens is 370 g/mol. The standard InChI is InChI=1S/C23H38ClN3O/c1-18(2)27(19(3)4)17-13-23(22(25)28,20-10-6-7-11-21(20)24)12-16-26-14-8-5-9-15-26/h6-7,10-11,18-19H,5,8-9,12-17H2,1-4H3,(H2,25,28)/t23-/m0/s1. The van der Waals surface area contributed by atoms with E-state index < -0.39 is 5.41 Å². The van der Waals surface area contributed by atoms with Gasteiger partial charge >= 0.3 is 0 Å². The molecule has 158 valence electrons. The van der Waals surface area contributed by atoms with Gasteiger partial charge in [0.15, 0.2) is 0 Å². The van der Waals surface area contributed by atoms with E-state index in [0.29, 0.717) is 23.5 Å². The molecule has 1 aliphatic rings. The lowest BCUT2D eigenvalue weighted by molar-refractivity contribution is -0.124. The molecule has 5 heteroatoms. The van der Waals surface area contributed by atoms with Gasteiger partial charge in [0.05, 0.1) is 5.41 Å². The Morgan fingerprint density at radius 1 is 1.11 bits per heavy atom. The van der Waals surface area contributed by atoms with Crippen molar-refractivity contribution in [2.24, 2.45) is 5.73 Å². The van der Waals surface area contributed by atoms with Gasteiger partial charge in [-0.2, -0.15) is 0 Å². The van der Waals surface area contributed by atoms with E-state index in [1.54, 1.807) is 0 Å². The highest BCUT2D eigenvalue weighted by molar-refractivity contribution is 6.31. The summed E-state index contributed by atoms with van der Waals surface area (Å²) >= 11 is 6.58. The first-order valence-corrected chi connectivity index (χ1v) is 11.2. The second-order valence-corrected chi connectivity index (χ2v) is 9.16. The lowest BCUT2D eigenvalue weighted by atomic mass is 9.73. The summed E-state index contributed by atoms with van der Waals surface area (Å²) in [6, 6.07) is 8.56. The van der Waals surface area contributed by atoms with Gasteiger partial charge in [0.1, 0.15) is 0 Å². The predicted molar refractivity (Wildman–Crippen MR) is 119 cm³/mol. The molecule has 2 rings (SSSR count). The van der Waals surface area contributed by atoms with Crippen LogP contribution in [-0.2, 0) is 10.2 Å². The van der Waals surface area contributed by atoms with Crippen LogP contribution in [0.15, 0.2) is 24.3 Å². The molecule has 28 heavy (non-hydrogen) atoms. The number of primary amides is 1. The fraction of sp³-hybridized carbons (Fsp3) is 0.696. The van der Waals surface area contributed by atoms with E-state index in [1.165, 1.54) is 19.3 Å². The van der Waals surface area contributed by atoms with Gasteiger partial charge in [-0.05, 0) is 84.6 Å². The van der Waals surface area contributed by atoms with Gasteiger partial charge in [-0.3, -0.25) is 9.69 Å². The van der Waals surface area contributed by atoms with Crippen molar-refractivity contribution >= 4 is 17.5 Å². The van der Waals surface area contributed by atoms with Crippen molar-refractivity contribution < 1.29 is 4.79 Å². The lowest BCUT2D eigenvalue weighted by Crippen LogP contribution is -2.48. The van der Waals surface area contributed by atoms with Crippen LogP contribution in [0.1, 0.15) is 65.4 Å². The molecule has 1 saturated heterocycles. The molecule has 0 aromatic heterocycles. The fourth-order valence-corrected chi connectivity index (χ4v) is 4.90. The van der Waals surface area contributed by atoms with Gasteiger partial charge in [0, 0.05) is 23.7 Å². The largest absolute Gasteiger partial charge is 0.369 e. The van der Waals surface area contributed by atoms with Crippen LogP contribution in [0.4, 0.5) is 0 Å². The number of benzene rings is 1. The van der Waals surface area contributed by atoms with E-state index in [1.807, 2.05) is 24.3 Å². The number of amides is 1. The smallest absolute Gasteiger partial charge is 0.228 e. The molecule has 0 radical (unpaired) electrons. The molecule has 1 amide bonds. The average molecular weight is 408 g/mol. The molecule has 0 saturated carbocycles. The summed E-state index contributed by atoms with van der Waals surface area (Å²) in [5.41, 5.74) is 6.24. The van der Waals surface area contributed by atoms with Gasteiger partial charge < -0.3 is 10.6 Å². The molecule has 1 heterocycles. The van der Waals surface area contributed by atoms with Crippen molar-refractivity contribution in [3.8, 4) is 0 Å². The zero-order chi connectivity index (χ0) is 20.7. The number of rotatable bonds is 10. The van der Waals surface area contributed by atoms with E-state index in [2.05, 4.69) is 37.5 Å². The predicted octanol–water partition coefficient (Wildman–Crippen LogP) is 4.45. The molecule has 0 bridgehead atoms. The van der Waals surface area contributed by atoms with Gasteiger partial charge in [0.25, 0.3) is 0 Å². The van der Waals surface area contributed by atoms with E-state index >= 15 is 0 Å². The summed E-state index contributed by atoms with van der Waals surface area (Å²) in [7, 11) is 0. The maximum atomic E-state index is 12.9. The van der Waals surface area contributed by atoms with Crippen molar-refractivity contribution in [1.82, 2.24) is 9.80 Å². The van der Waals surface area contributed by atoms with E-state index in [0.717, 1.165) is 38.2 Å². The zero-order valence-corrected chi connectivity index (χ0v) is 18.8. The van der Waals surface area contributed by atoms with Crippen molar-refractivity contribution in [3.63, 3.8) is 0 Å². The quantitative estimate of drug-likeness (QED) is 0.623. The maximum absolute atomic E-state index is 12.9. The number of halogens is 1. The molecule has 0 unspecified atom stereocenters. The molecule has 1 aliphatic heterocycles. The van der Waals surface area contributed by atoms with E-state index in [4.69, 9.17) is 17.3 Å². The Hall–Kier alpha value is -1.10. The fourth-order valence-electron chi connectivity index (χ4n) is 4.59. The number of nitrogens with two attached hydrogens (primary N) is 1. The summed E-state index contributed by atoms with van der Waals surface area (Å²) in [6.07, 6.45) is 5.19. The second-order valence-electron chi connectivity index (χ2n) is 8.75. The molecular formula is C23H38ClN3O. The van der Waals surface area contributed by atoms with Crippen molar-refractivity contribution in [3.05, 3.63) is 34.9 Å². The van der Waals surface area contributed by atoms with Crippen molar-refractivity contribution in [2.75, 3.05) is 26.2 Å². The number of likely N-dealkylation sites (tertiary alicyclic amines) is 1. The van der Waals surface area contributed by atoms with Crippen LogP contribution in [0.3, 0.4) is 0 Å². The average Bonchev–Trinajstić information content (AvgIpc) is 2.65. The maximum Gasteiger partial charge on any atom is 0.228 e. The minimum Gasteiger partial charge on any atom is -0.369 e. The van der Waals surface area contributed by atoms with Gasteiger partial charge in [-0.25, -0.2) is 0 Å². The highest BCUT2D eigenvalue weighted by atomic mass is 35.5. The van der Waals surface area contributed by atoms with Crippen LogP contribution >= 0.6 is 11.6 Å². The van der Waals surface area contributed by atoms with E-state index in [-0.39, 0.29) is 5.91 Å². The van der Waals surface area contributed by atoms with Gasteiger partial charge in [0.2, 0.25) is 5.91 Å². The molecule has 0 aliphatic carbocycles. The number of hydrogen-bond donors (Lipinski definition) is 1. The minimum atomic E-state index is -0.738. The Morgan fingerprint density at radius 3 is 2.25 bits per heavy atom. The van der Waals surface area contributed by atoms with Crippen LogP contribution in [-0.4, -0.2) is 54.0 Å². The first kappa shape index (κ1) is 23.2. The van der Waals surface area contributed by atoms with Crippen LogP contribution in [0.2, 0.25) is 5.02 Å². The summed E-state index contributed by atoms with van der Waals surface area (Å²) in [5, 5.41) is 0.639. The Bertz CT molecular complexity index is 620. The monoisotopic (exact) mass is 407 g/mol. The third kappa shape index (κ3) is 5.71. The summed E-state index contributed by atoms with van der Waals surface area (Å²) in [5.74, 6) is -0.259. The minimum absolute atomic E-state index is 0.259. The normalized spacial score (nSPS) is 18.0. The van der Waals surface area contributed by atoms with Crippen LogP contribution in [0, 0.1) is 0 Å². The summed E-state index contributed by atoms with van der Waals surface area (Å²) in [4.78, 5) is 17.8. The molecule has 0 spiro atoms. The Labute approximate surface area is 176 Å². The molecule has 4 nitrogen and oxygen atoms in total. The lowest BCUT2D eigenvalue weighted by Gasteiger charge is -2.38. The Balaban J connectivity index is 2.31. The van der Waals surface area contributed by atoms with Crippen LogP contribution in [0.25, 0.3) is 0 Å². The number of nitrogens with zero attached hydrogens (tertiary/aromatic N) is 2. The zero-order valence-electron chi connectivity index (χ0n) is 18.1. The number of hydrogen-bond acceptors (Lipinski definition) is 3. The van der Waals surface area contributed by atoms with Crippen LogP contribution in [0.5, 0.6) is 0 Å². The Kier molecular flexibility index (Phi) is 8.79. The van der Waals surface area contributed by atoms with Crippen LogP contribution < -0.4 is 5.73 Å². The third-order valence-corrected chi connectivity index (χ3v) is 6.62. The van der Waals surface area contributed by atoms with Crippen molar-refractivity contribution in [1.29, 1.82) is 0 Å². The highest BCUT2D eigenvalue weighted by Gasteiger charge is 2.40.